The average molecular weight is 641 g/mol. The van der Waals surface area contributed by atoms with E-state index >= 15 is 13.2 Å². The van der Waals surface area contributed by atoms with E-state index in [2.05, 4.69) is 43.0 Å². The van der Waals surface area contributed by atoms with Gasteiger partial charge in [0.1, 0.15) is 23.8 Å². The second kappa shape index (κ2) is 15.5. The fourth-order valence-corrected chi connectivity index (χ4v) is 6.39. The van der Waals surface area contributed by atoms with Crippen LogP contribution in [0.4, 0.5) is 18.9 Å². The molecule has 1 fully saturated rings. The van der Waals surface area contributed by atoms with Crippen LogP contribution in [0.1, 0.15) is 60.4 Å². The molecule has 0 spiro atoms. The van der Waals surface area contributed by atoms with Crippen molar-refractivity contribution in [3.8, 4) is 18.2 Å². The quantitative estimate of drug-likeness (QED) is 0.184. The van der Waals surface area contributed by atoms with Crippen LogP contribution in [0.25, 0.3) is 18.2 Å². The number of alkyl halides is 3. The van der Waals surface area contributed by atoms with Gasteiger partial charge in [0.2, 0.25) is 5.60 Å². The summed E-state index contributed by atoms with van der Waals surface area (Å²) in [5, 5.41) is 28.9. The van der Waals surface area contributed by atoms with Gasteiger partial charge in [-0.3, -0.25) is 0 Å². The minimum absolute atomic E-state index is 0.220. The van der Waals surface area contributed by atoms with Crippen molar-refractivity contribution in [3.63, 3.8) is 0 Å². The minimum atomic E-state index is -4.97. The van der Waals surface area contributed by atoms with Gasteiger partial charge in [-0.25, -0.2) is 0 Å². The first-order valence-electron chi connectivity index (χ1n) is 15.3. The molecule has 9 heteroatoms. The molecule has 4 rings (SSSR count). The molecule has 2 aromatic carbocycles. The summed E-state index contributed by atoms with van der Waals surface area (Å²) in [5.41, 5.74) is -1.60. The van der Waals surface area contributed by atoms with Crippen LogP contribution in [0, 0.1) is 45.8 Å². The maximum Gasteiger partial charge on any atom is 0.433 e. The summed E-state index contributed by atoms with van der Waals surface area (Å²) in [6, 6.07) is 24.2. The molecule has 1 aliphatic heterocycles. The molecule has 46 heavy (non-hydrogen) atoms. The van der Waals surface area contributed by atoms with E-state index in [0.29, 0.717) is 4.88 Å². The second-order valence-electron chi connectivity index (χ2n) is 11.0. The summed E-state index contributed by atoms with van der Waals surface area (Å²) in [5.74, 6) is -3.63. The van der Waals surface area contributed by atoms with Gasteiger partial charge in [0, 0.05) is 34.1 Å². The fraction of sp³-hybridized carbons (Fsp3) is 0.324. The maximum atomic E-state index is 15.0. The number of unbranched alkanes of at least 4 members (excludes halogenated alkanes) is 2. The Labute approximate surface area is 272 Å². The number of ether oxygens (including phenoxy) is 1. The van der Waals surface area contributed by atoms with Gasteiger partial charge in [0.25, 0.3) is 0 Å². The predicted octanol–water partition coefficient (Wildman–Crippen LogP) is 9.88. The highest BCUT2D eigenvalue weighted by Crippen LogP contribution is 2.58. The molecule has 3 unspecified atom stereocenters. The van der Waals surface area contributed by atoms with E-state index in [-0.39, 0.29) is 5.56 Å². The molecule has 236 valence electrons. The summed E-state index contributed by atoms with van der Waals surface area (Å²) in [7, 11) is 0. The molecule has 1 saturated heterocycles. The highest BCUT2D eigenvalue weighted by molar-refractivity contribution is 7.13. The van der Waals surface area contributed by atoms with Crippen LogP contribution in [-0.4, -0.2) is 19.3 Å². The smallest absolute Gasteiger partial charge is 0.433 e. The largest absolute Gasteiger partial charge is 0.473 e. The van der Waals surface area contributed by atoms with E-state index in [1.165, 1.54) is 47.4 Å². The molecule has 0 aliphatic carbocycles. The van der Waals surface area contributed by atoms with Gasteiger partial charge < -0.3 is 9.64 Å². The van der Waals surface area contributed by atoms with E-state index < -0.39 is 34.9 Å². The average Bonchev–Trinajstić information content (AvgIpc) is 3.66. The number of nitrogens with zero attached hydrogens (tertiary/aromatic N) is 4. The molecule has 5 nitrogen and oxygen atoms in total. The van der Waals surface area contributed by atoms with Gasteiger partial charge in [0.05, 0.1) is 12.0 Å². The van der Waals surface area contributed by atoms with E-state index in [1.54, 1.807) is 30.3 Å². The van der Waals surface area contributed by atoms with Crippen LogP contribution >= 0.6 is 11.3 Å². The van der Waals surface area contributed by atoms with Gasteiger partial charge in [-0.2, -0.15) is 29.0 Å². The summed E-state index contributed by atoms with van der Waals surface area (Å²) in [4.78, 5) is 4.00. The van der Waals surface area contributed by atoms with Crippen LogP contribution in [0.5, 0.6) is 0 Å². The molecular weight excluding hydrogens is 605 g/mol. The Morgan fingerprint density at radius 1 is 0.870 bits per heavy atom. The third kappa shape index (κ3) is 7.36. The monoisotopic (exact) mass is 640 g/mol. The Balaban J connectivity index is 1.61. The van der Waals surface area contributed by atoms with Crippen molar-refractivity contribution in [2.75, 3.05) is 18.0 Å². The zero-order valence-corrected chi connectivity index (χ0v) is 26.6. The number of benzene rings is 2. The number of hydrogen-bond acceptors (Lipinski definition) is 6. The molecule has 0 bridgehead atoms. The third-order valence-electron chi connectivity index (χ3n) is 7.99. The minimum Gasteiger partial charge on any atom is -0.473 e. The second-order valence-corrected chi connectivity index (χ2v) is 12.2. The van der Waals surface area contributed by atoms with E-state index in [0.717, 1.165) is 49.2 Å². The Kier molecular flexibility index (Phi) is 11.5. The van der Waals surface area contributed by atoms with Crippen LogP contribution < -0.4 is 4.90 Å². The lowest BCUT2D eigenvalue weighted by molar-refractivity contribution is -0.271. The molecule has 1 aromatic heterocycles. The molecule has 0 N–H and O–H groups in total. The Hall–Kier alpha value is -4.78. The number of thiophene rings is 1. The van der Waals surface area contributed by atoms with Gasteiger partial charge in [-0.15, -0.1) is 11.3 Å². The standard InChI is InChI=1S/C37H35F3N4OS/c1-3-5-22-44(23-6-4-2)30-15-12-27(13-16-30)14-17-31-18-19-32(46-31)20-21-34-33(26-43)35(28(24-41)25-42)45-36(34,37(38,39)40)29-10-8-7-9-11-29/h7-21,33-34H,3-6,22-23H2,1-2H3/b17-14+,21-20+. The molecule has 0 amide bonds. The molecule has 0 saturated carbocycles. The lowest BCUT2D eigenvalue weighted by atomic mass is 9.75. The van der Waals surface area contributed by atoms with Crippen molar-refractivity contribution >= 4 is 35.3 Å². The zero-order chi connectivity index (χ0) is 33.2. The topological polar surface area (TPSA) is 83.8 Å². The highest BCUT2D eigenvalue weighted by Gasteiger charge is 2.69. The van der Waals surface area contributed by atoms with Gasteiger partial charge in [-0.1, -0.05) is 81.3 Å². The van der Waals surface area contributed by atoms with Gasteiger partial charge in [0.15, 0.2) is 5.57 Å². The molecule has 3 atom stereocenters. The van der Waals surface area contributed by atoms with Crippen molar-refractivity contribution in [2.24, 2.45) is 11.8 Å². The number of halogens is 3. The Morgan fingerprint density at radius 3 is 2.02 bits per heavy atom. The van der Waals surface area contributed by atoms with Crippen LogP contribution in [-0.2, 0) is 10.3 Å². The Bertz CT molecular complexity index is 1660. The normalized spacial score (nSPS) is 19.5. The van der Waals surface area contributed by atoms with Crippen molar-refractivity contribution < 1.29 is 17.9 Å². The van der Waals surface area contributed by atoms with E-state index in [1.807, 2.05) is 24.3 Å². The number of hydrogen-bond donors (Lipinski definition) is 0. The number of anilines is 1. The van der Waals surface area contributed by atoms with Crippen LogP contribution in [0.2, 0.25) is 0 Å². The zero-order valence-electron chi connectivity index (χ0n) is 25.8. The van der Waals surface area contributed by atoms with Gasteiger partial charge in [-0.05, 0) is 54.8 Å². The summed E-state index contributed by atoms with van der Waals surface area (Å²) >= 11 is 1.39. The summed E-state index contributed by atoms with van der Waals surface area (Å²) in [6.45, 7) is 6.45. The van der Waals surface area contributed by atoms with Crippen LogP contribution in [0.15, 0.2) is 84.1 Å². The molecule has 2 heterocycles. The van der Waals surface area contributed by atoms with Crippen molar-refractivity contribution in [2.45, 2.75) is 51.3 Å². The van der Waals surface area contributed by atoms with Crippen molar-refractivity contribution in [3.05, 3.63) is 105 Å². The maximum absolute atomic E-state index is 15.0. The lowest BCUT2D eigenvalue weighted by Gasteiger charge is -2.35. The number of allylic oxidation sites excluding steroid dienone is 2. The van der Waals surface area contributed by atoms with Crippen LogP contribution in [0.3, 0.4) is 0 Å². The fourth-order valence-electron chi connectivity index (χ4n) is 5.57. The highest BCUT2D eigenvalue weighted by atomic mass is 32.1. The molecule has 3 aromatic rings. The van der Waals surface area contributed by atoms with Gasteiger partial charge >= 0.3 is 6.18 Å². The molecule has 1 aliphatic rings. The van der Waals surface area contributed by atoms with E-state index in [4.69, 9.17) is 4.74 Å². The first kappa shape index (κ1) is 34.1. The van der Waals surface area contributed by atoms with Crippen molar-refractivity contribution in [1.82, 2.24) is 0 Å². The first-order valence-corrected chi connectivity index (χ1v) is 16.1. The number of rotatable bonds is 12. The third-order valence-corrected chi connectivity index (χ3v) is 9.01. The summed E-state index contributed by atoms with van der Waals surface area (Å²) in [6.07, 6.45) is 6.42. The predicted molar refractivity (Wildman–Crippen MR) is 177 cm³/mol. The SMILES string of the molecule is CCCCN(CCCC)c1ccc(/C=C/c2ccc(/C=C/C3C(C#N)C(=C(C#N)C#N)OC3(c3ccccc3)C(F)(F)F)s2)cc1. The van der Waals surface area contributed by atoms with Crippen molar-refractivity contribution in [1.29, 1.82) is 15.8 Å². The van der Waals surface area contributed by atoms with E-state index in [9.17, 15) is 15.8 Å². The molecule has 0 radical (unpaired) electrons. The number of nitriles is 3. The Morgan fingerprint density at radius 2 is 1.48 bits per heavy atom. The summed E-state index contributed by atoms with van der Waals surface area (Å²) < 4.78 is 50.6. The lowest BCUT2D eigenvalue weighted by Crippen LogP contribution is -2.47. The first-order chi connectivity index (χ1) is 22.2. The molecular formula is C37H35F3N4OS.